The van der Waals surface area contributed by atoms with Gasteiger partial charge >= 0.3 is 0 Å². The van der Waals surface area contributed by atoms with Crippen molar-refractivity contribution in [1.82, 2.24) is 24.3 Å². The summed E-state index contributed by atoms with van der Waals surface area (Å²) in [5.41, 5.74) is 1.79. The Kier molecular flexibility index (Phi) is 6.79. The van der Waals surface area contributed by atoms with E-state index in [4.69, 9.17) is 9.72 Å². The average Bonchev–Trinajstić information content (AvgIpc) is 2.88. The first-order valence-corrected chi connectivity index (χ1v) is 9.87. The quantitative estimate of drug-likeness (QED) is 0.744. The fourth-order valence-electron chi connectivity index (χ4n) is 3.78. The summed E-state index contributed by atoms with van der Waals surface area (Å²) in [5.74, 6) is 1.24. The maximum absolute atomic E-state index is 12.6. The lowest BCUT2D eigenvalue weighted by Crippen LogP contribution is -2.34. The number of rotatable bonds is 7. The molecule has 2 aromatic rings. The summed E-state index contributed by atoms with van der Waals surface area (Å²) >= 11 is 0. The molecule has 1 amide bonds. The van der Waals surface area contributed by atoms with E-state index in [1.54, 1.807) is 13.3 Å². The summed E-state index contributed by atoms with van der Waals surface area (Å²) in [6.45, 7) is 6.45. The van der Waals surface area contributed by atoms with Crippen LogP contribution in [0.2, 0.25) is 0 Å². The number of carbonyl (C=O) groups is 1. The number of aryl methyl sites for hydroxylation is 1. The minimum atomic E-state index is 0.154. The molecule has 0 N–H and O–H groups in total. The number of likely N-dealkylation sites (N-methyl/N-ethyl adjacent to an activating group) is 1. The third kappa shape index (κ3) is 4.84. The summed E-state index contributed by atoms with van der Waals surface area (Å²) in [7, 11) is 3.83. The van der Waals surface area contributed by atoms with Crippen LogP contribution in [0.1, 0.15) is 38.1 Å². The number of methoxy groups -OCH3 is 1. The molecule has 1 saturated heterocycles. The van der Waals surface area contributed by atoms with Crippen molar-refractivity contribution in [2.45, 2.75) is 38.6 Å². The number of aromatic nitrogens is 3. The Balaban J connectivity index is 1.64. The predicted molar refractivity (Wildman–Crippen MR) is 106 cm³/mol. The van der Waals surface area contributed by atoms with Gasteiger partial charge in [-0.15, -0.1) is 0 Å². The molecule has 2 aromatic heterocycles. The molecule has 1 aliphatic heterocycles. The molecule has 1 fully saturated rings. The lowest BCUT2D eigenvalue weighted by molar-refractivity contribution is -0.131. The zero-order chi connectivity index (χ0) is 19.2. The van der Waals surface area contributed by atoms with Gasteiger partial charge in [-0.2, -0.15) is 0 Å². The third-order valence-electron chi connectivity index (χ3n) is 5.23. The fourth-order valence-corrected chi connectivity index (χ4v) is 3.78. The Labute approximate surface area is 161 Å². The van der Waals surface area contributed by atoms with E-state index in [2.05, 4.69) is 28.4 Å². The molecule has 7 heteroatoms. The number of fused-ring (bicyclic) bond motifs is 1. The highest BCUT2D eigenvalue weighted by molar-refractivity contribution is 5.76. The van der Waals surface area contributed by atoms with Gasteiger partial charge in [0.2, 0.25) is 5.91 Å². The van der Waals surface area contributed by atoms with Crippen LogP contribution in [0.15, 0.2) is 18.3 Å². The van der Waals surface area contributed by atoms with Crippen LogP contribution in [0.3, 0.4) is 0 Å². The van der Waals surface area contributed by atoms with Gasteiger partial charge in [0.25, 0.3) is 0 Å². The summed E-state index contributed by atoms with van der Waals surface area (Å²) in [6.07, 6.45) is 4.99. The molecule has 0 radical (unpaired) electrons. The summed E-state index contributed by atoms with van der Waals surface area (Å²) in [6, 6.07) is 4.05. The van der Waals surface area contributed by atoms with E-state index >= 15 is 0 Å². The zero-order valence-corrected chi connectivity index (χ0v) is 16.7. The summed E-state index contributed by atoms with van der Waals surface area (Å²) in [4.78, 5) is 26.2. The van der Waals surface area contributed by atoms with Crippen molar-refractivity contribution in [2.75, 3.05) is 46.9 Å². The van der Waals surface area contributed by atoms with Crippen LogP contribution < -0.4 is 0 Å². The highest BCUT2D eigenvalue weighted by Gasteiger charge is 2.19. The molecule has 0 unspecified atom stereocenters. The minimum Gasteiger partial charge on any atom is -0.383 e. The topological polar surface area (TPSA) is 63.5 Å². The number of hydrogen-bond donors (Lipinski definition) is 0. The normalized spacial score (nSPS) is 17.2. The van der Waals surface area contributed by atoms with Gasteiger partial charge in [-0.05, 0) is 45.5 Å². The molecule has 7 nitrogen and oxygen atoms in total. The smallest absolute Gasteiger partial charge is 0.222 e. The Morgan fingerprint density at radius 3 is 2.96 bits per heavy atom. The van der Waals surface area contributed by atoms with Crippen molar-refractivity contribution in [3.8, 4) is 0 Å². The molecule has 1 atom stereocenters. The number of carbonyl (C=O) groups excluding carboxylic acids is 1. The summed E-state index contributed by atoms with van der Waals surface area (Å²) in [5, 5.41) is 0. The van der Waals surface area contributed by atoms with E-state index in [0.717, 1.165) is 62.4 Å². The van der Waals surface area contributed by atoms with Crippen molar-refractivity contribution in [3.63, 3.8) is 0 Å². The Bertz CT molecular complexity index is 760. The van der Waals surface area contributed by atoms with Gasteiger partial charge in [-0.1, -0.05) is 0 Å². The molecular weight excluding hydrogens is 342 g/mol. The second kappa shape index (κ2) is 9.28. The molecule has 0 saturated carbocycles. The minimum absolute atomic E-state index is 0.154. The van der Waals surface area contributed by atoms with Gasteiger partial charge < -0.3 is 19.1 Å². The first-order chi connectivity index (χ1) is 13.1. The molecule has 0 spiro atoms. The molecule has 27 heavy (non-hydrogen) atoms. The average molecular weight is 374 g/mol. The third-order valence-corrected chi connectivity index (χ3v) is 5.23. The Hall–Kier alpha value is -1.99. The lowest BCUT2D eigenvalue weighted by Gasteiger charge is -2.20. The molecular formula is C20H31N5O2. The zero-order valence-electron chi connectivity index (χ0n) is 16.7. The highest BCUT2D eigenvalue weighted by atomic mass is 16.5. The van der Waals surface area contributed by atoms with E-state index in [-0.39, 0.29) is 11.9 Å². The SMILES string of the molecule is COC[C@H](C)n1c(CCCC(=O)N2CCCN(C)CC2)nc2cccnc21. The first kappa shape index (κ1) is 19.8. The van der Waals surface area contributed by atoms with Crippen LogP contribution in [-0.2, 0) is 16.0 Å². The standard InChI is InChI=1S/C20H31N5O2/c1-16(15-27-3)25-18(22-17-7-5-10-21-20(17)25)8-4-9-19(26)24-12-6-11-23(2)13-14-24/h5,7,10,16H,4,6,8-9,11-15H2,1-3H3/t16-/m0/s1. The van der Waals surface area contributed by atoms with E-state index in [9.17, 15) is 4.79 Å². The highest BCUT2D eigenvalue weighted by Crippen LogP contribution is 2.21. The summed E-state index contributed by atoms with van der Waals surface area (Å²) < 4.78 is 7.49. The monoisotopic (exact) mass is 373 g/mol. The van der Waals surface area contributed by atoms with Crippen LogP contribution in [0, 0.1) is 0 Å². The van der Waals surface area contributed by atoms with Crippen molar-refractivity contribution in [3.05, 3.63) is 24.2 Å². The van der Waals surface area contributed by atoms with Crippen LogP contribution in [0.5, 0.6) is 0 Å². The first-order valence-electron chi connectivity index (χ1n) is 9.87. The van der Waals surface area contributed by atoms with Gasteiger partial charge in [0.1, 0.15) is 11.3 Å². The Morgan fingerprint density at radius 1 is 1.30 bits per heavy atom. The second-order valence-corrected chi connectivity index (χ2v) is 7.44. The van der Waals surface area contributed by atoms with Gasteiger partial charge in [0.05, 0.1) is 12.6 Å². The number of pyridine rings is 1. The molecule has 3 heterocycles. The molecule has 0 aromatic carbocycles. The van der Waals surface area contributed by atoms with Crippen molar-refractivity contribution < 1.29 is 9.53 Å². The Morgan fingerprint density at radius 2 is 2.15 bits per heavy atom. The van der Waals surface area contributed by atoms with Gasteiger partial charge in [0.15, 0.2) is 5.65 Å². The largest absolute Gasteiger partial charge is 0.383 e. The van der Waals surface area contributed by atoms with E-state index < -0.39 is 0 Å². The van der Waals surface area contributed by atoms with Crippen molar-refractivity contribution >= 4 is 17.1 Å². The van der Waals surface area contributed by atoms with E-state index in [1.165, 1.54) is 0 Å². The lowest BCUT2D eigenvalue weighted by atomic mass is 10.2. The maximum atomic E-state index is 12.6. The van der Waals surface area contributed by atoms with Crippen LogP contribution in [0.25, 0.3) is 11.2 Å². The fraction of sp³-hybridized carbons (Fsp3) is 0.650. The van der Waals surface area contributed by atoms with Crippen molar-refractivity contribution in [1.29, 1.82) is 0 Å². The number of hydrogen-bond acceptors (Lipinski definition) is 5. The van der Waals surface area contributed by atoms with Gasteiger partial charge in [-0.3, -0.25) is 4.79 Å². The van der Waals surface area contributed by atoms with E-state index in [1.807, 2.05) is 17.0 Å². The number of nitrogens with zero attached hydrogens (tertiary/aromatic N) is 5. The van der Waals surface area contributed by atoms with Crippen molar-refractivity contribution in [2.24, 2.45) is 0 Å². The van der Waals surface area contributed by atoms with Crippen LogP contribution in [0.4, 0.5) is 0 Å². The molecule has 0 bridgehead atoms. The predicted octanol–water partition coefficient (Wildman–Crippen LogP) is 2.13. The molecule has 3 rings (SSSR count). The second-order valence-electron chi connectivity index (χ2n) is 7.44. The number of ether oxygens (including phenoxy) is 1. The number of imidazole rings is 1. The maximum Gasteiger partial charge on any atom is 0.222 e. The van der Waals surface area contributed by atoms with Crippen LogP contribution >= 0.6 is 0 Å². The molecule has 148 valence electrons. The van der Waals surface area contributed by atoms with Crippen LogP contribution in [-0.4, -0.2) is 77.2 Å². The molecule has 1 aliphatic rings. The van der Waals surface area contributed by atoms with Gasteiger partial charge in [0, 0.05) is 45.8 Å². The number of amides is 1. The van der Waals surface area contributed by atoms with Gasteiger partial charge in [-0.25, -0.2) is 9.97 Å². The van der Waals surface area contributed by atoms with E-state index in [0.29, 0.717) is 13.0 Å². The molecule has 0 aliphatic carbocycles.